The molecule has 1 aliphatic heterocycles. The Morgan fingerprint density at radius 2 is 1.59 bits per heavy atom. The fourth-order valence-corrected chi connectivity index (χ4v) is 4.94. The molecule has 34 heavy (non-hydrogen) atoms. The van der Waals surface area contributed by atoms with Gasteiger partial charge in [0.15, 0.2) is 0 Å². The maximum atomic E-state index is 13.5. The molecule has 4 nitrogen and oxygen atoms in total. The van der Waals surface area contributed by atoms with Gasteiger partial charge in [0.05, 0.1) is 11.6 Å². The Morgan fingerprint density at radius 1 is 1.03 bits per heavy atom. The molecule has 0 aromatic heterocycles. The molecule has 4 rings (SSSR count). The quantitative estimate of drug-likeness (QED) is 0.369. The molecule has 1 fully saturated rings. The van der Waals surface area contributed by atoms with E-state index >= 15 is 0 Å². The summed E-state index contributed by atoms with van der Waals surface area (Å²) in [5.74, 6) is -0.355. The van der Waals surface area contributed by atoms with Crippen LogP contribution in [0.1, 0.15) is 50.8 Å². The predicted octanol–water partition coefficient (Wildman–Crippen LogP) is 7.22. The average molecular weight is 526 g/mol. The van der Waals surface area contributed by atoms with Crippen LogP contribution in [-0.4, -0.2) is 28.2 Å². The number of rotatable bonds is 6. The lowest BCUT2D eigenvalue weighted by Crippen LogP contribution is -2.51. The third kappa shape index (κ3) is 5.34. The van der Waals surface area contributed by atoms with Crippen molar-refractivity contribution < 1.29 is 19.0 Å². The van der Waals surface area contributed by atoms with Crippen molar-refractivity contribution in [1.29, 1.82) is 0 Å². The molecule has 1 amide bonds. The van der Waals surface area contributed by atoms with E-state index in [1.54, 1.807) is 30.9 Å². The van der Waals surface area contributed by atoms with Crippen LogP contribution >= 0.6 is 15.9 Å². The van der Waals surface area contributed by atoms with E-state index in [2.05, 4.69) is 40.2 Å². The van der Waals surface area contributed by atoms with Gasteiger partial charge in [-0.1, -0.05) is 64.5 Å². The first-order valence-electron chi connectivity index (χ1n) is 11.4. The number of amides is 1. The Morgan fingerprint density at radius 3 is 2.12 bits per heavy atom. The molecule has 0 bridgehead atoms. The van der Waals surface area contributed by atoms with Crippen molar-refractivity contribution in [3.63, 3.8) is 0 Å². The topological polar surface area (TPSA) is 49.8 Å². The molecular weight excluding hydrogens is 497 g/mol. The van der Waals surface area contributed by atoms with Crippen LogP contribution in [0.25, 0.3) is 11.1 Å². The molecule has 0 spiro atoms. The van der Waals surface area contributed by atoms with Crippen molar-refractivity contribution in [2.24, 2.45) is 0 Å². The number of cyclic esters (lactones) is 1. The molecule has 0 saturated carbocycles. The van der Waals surface area contributed by atoms with Crippen molar-refractivity contribution in [1.82, 2.24) is 4.90 Å². The summed E-state index contributed by atoms with van der Waals surface area (Å²) < 4.78 is 20.6. The van der Waals surface area contributed by atoms with E-state index in [0.29, 0.717) is 18.5 Å². The second-order valence-corrected chi connectivity index (χ2v) is 10.5. The fraction of sp³-hybridized carbons (Fsp3) is 0.321. The van der Waals surface area contributed by atoms with Crippen LogP contribution in [0.15, 0.2) is 77.3 Å². The SMILES string of the molecule is C[C@@H](c1ccc(-c2ccc(Br)cc2)cc1)N1CC[C@](CC(C)(C)O)(c2ccc(F)cc2)OC1=O. The molecular formula is C28H29BrFNO3. The van der Waals surface area contributed by atoms with E-state index in [4.69, 9.17) is 4.74 Å². The summed E-state index contributed by atoms with van der Waals surface area (Å²) in [5, 5.41) is 10.5. The number of hydrogen-bond donors (Lipinski definition) is 1. The number of aliphatic hydroxyl groups is 1. The van der Waals surface area contributed by atoms with Crippen molar-refractivity contribution >= 4 is 22.0 Å². The lowest BCUT2D eigenvalue weighted by atomic mass is 9.80. The largest absolute Gasteiger partial charge is 0.438 e. The number of nitrogens with zero attached hydrogens (tertiary/aromatic N) is 1. The van der Waals surface area contributed by atoms with E-state index in [1.807, 2.05) is 31.2 Å². The number of benzene rings is 3. The van der Waals surface area contributed by atoms with Crippen LogP contribution < -0.4 is 0 Å². The number of carbonyl (C=O) groups is 1. The molecule has 3 aromatic rings. The molecule has 2 atom stereocenters. The standard InChI is InChI=1S/C28H29BrFNO3/c1-19(20-4-6-21(7-5-20)22-8-12-24(29)13-9-22)31-17-16-28(34-26(31)32,18-27(2,3)33)23-10-14-25(30)15-11-23/h4-15,19,33H,16-18H2,1-3H3/t19-,28-/m0/s1. The summed E-state index contributed by atoms with van der Waals surface area (Å²) in [6, 6.07) is 22.1. The smallest absolute Gasteiger partial charge is 0.411 e. The normalized spacial score (nSPS) is 19.6. The van der Waals surface area contributed by atoms with Crippen LogP contribution in [0.3, 0.4) is 0 Å². The van der Waals surface area contributed by atoms with Gasteiger partial charge in [-0.2, -0.15) is 0 Å². The zero-order chi connectivity index (χ0) is 24.5. The highest BCUT2D eigenvalue weighted by molar-refractivity contribution is 9.10. The van der Waals surface area contributed by atoms with Crippen LogP contribution in [0.2, 0.25) is 0 Å². The maximum Gasteiger partial charge on any atom is 0.411 e. The molecule has 1 heterocycles. The van der Waals surface area contributed by atoms with E-state index in [1.165, 1.54) is 12.1 Å². The monoisotopic (exact) mass is 525 g/mol. The molecule has 1 saturated heterocycles. The highest BCUT2D eigenvalue weighted by Crippen LogP contribution is 2.42. The third-order valence-corrected chi connectivity index (χ3v) is 6.93. The number of hydrogen-bond acceptors (Lipinski definition) is 3. The number of ether oxygens (including phenoxy) is 1. The van der Waals surface area contributed by atoms with Crippen LogP contribution in [0, 0.1) is 5.82 Å². The average Bonchev–Trinajstić information content (AvgIpc) is 2.79. The fourth-order valence-electron chi connectivity index (χ4n) is 4.68. The Balaban J connectivity index is 1.53. The molecule has 3 aromatic carbocycles. The summed E-state index contributed by atoms with van der Waals surface area (Å²) in [6.45, 7) is 5.82. The Labute approximate surface area is 208 Å². The van der Waals surface area contributed by atoms with Gasteiger partial charge in [0.2, 0.25) is 0 Å². The van der Waals surface area contributed by atoms with E-state index in [-0.39, 0.29) is 18.3 Å². The Kier molecular flexibility index (Phi) is 6.83. The second-order valence-electron chi connectivity index (χ2n) is 9.61. The van der Waals surface area contributed by atoms with Gasteiger partial charge in [0, 0.05) is 23.9 Å². The zero-order valence-corrected chi connectivity index (χ0v) is 21.2. The third-order valence-electron chi connectivity index (χ3n) is 6.40. The lowest BCUT2D eigenvalue weighted by molar-refractivity contribution is -0.101. The minimum Gasteiger partial charge on any atom is -0.438 e. The van der Waals surface area contributed by atoms with Gasteiger partial charge in [0.25, 0.3) is 0 Å². The van der Waals surface area contributed by atoms with Crippen molar-refractivity contribution in [2.75, 3.05) is 6.54 Å². The van der Waals surface area contributed by atoms with Gasteiger partial charge < -0.3 is 14.7 Å². The molecule has 1 N–H and O–H groups in total. The molecule has 1 aliphatic rings. The zero-order valence-electron chi connectivity index (χ0n) is 19.6. The molecule has 0 aliphatic carbocycles. The number of halogens is 2. The van der Waals surface area contributed by atoms with E-state index < -0.39 is 17.3 Å². The molecule has 0 unspecified atom stereocenters. The Bertz CT molecular complexity index is 1140. The summed E-state index contributed by atoms with van der Waals surface area (Å²) in [4.78, 5) is 14.9. The van der Waals surface area contributed by atoms with Crippen molar-refractivity contribution in [3.8, 4) is 11.1 Å². The van der Waals surface area contributed by atoms with Crippen LogP contribution in [0.5, 0.6) is 0 Å². The predicted molar refractivity (Wildman–Crippen MR) is 135 cm³/mol. The van der Waals surface area contributed by atoms with Gasteiger partial charge in [-0.05, 0) is 67.3 Å². The van der Waals surface area contributed by atoms with Gasteiger partial charge >= 0.3 is 6.09 Å². The van der Waals surface area contributed by atoms with Crippen LogP contribution in [-0.2, 0) is 10.3 Å². The minimum atomic E-state index is -1.06. The number of carbonyl (C=O) groups excluding carboxylic acids is 1. The molecule has 6 heteroatoms. The summed E-state index contributed by atoms with van der Waals surface area (Å²) in [7, 11) is 0. The first-order chi connectivity index (χ1) is 16.1. The molecule has 178 valence electrons. The highest BCUT2D eigenvalue weighted by atomic mass is 79.9. The second kappa shape index (κ2) is 9.51. The summed E-state index contributed by atoms with van der Waals surface area (Å²) in [5.41, 5.74) is 1.85. The maximum absolute atomic E-state index is 13.5. The van der Waals surface area contributed by atoms with Crippen molar-refractivity contribution in [3.05, 3.63) is 94.2 Å². The summed E-state index contributed by atoms with van der Waals surface area (Å²) >= 11 is 3.46. The first kappa shape index (κ1) is 24.4. The lowest BCUT2D eigenvalue weighted by Gasteiger charge is -2.45. The van der Waals surface area contributed by atoms with Gasteiger partial charge in [-0.3, -0.25) is 0 Å². The van der Waals surface area contributed by atoms with Crippen molar-refractivity contribution in [2.45, 2.75) is 50.9 Å². The minimum absolute atomic E-state index is 0.181. The summed E-state index contributed by atoms with van der Waals surface area (Å²) in [6.07, 6.45) is 0.279. The van der Waals surface area contributed by atoms with E-state index in [9.17, 15) is 14.3 Å². The highest BCUT2D eigenvalue weighted by Gasteiger charge is 2.46. The molecule has 0 radical (unpaired) electrons. The Hall–Kier alpha value is -2.70. The van der Waals surface area contributed by atoms with Gasteiger partial charge in [-0.25, -0.2) is 9.18 Å². The first-order valence-corrected chi connectivity index (χ1v) is 12.2. The van der Waals surface area contributed by atoms with E-state index in [0.717, 1.165) is 21.2 Å². The van der Waals surface area contributed by atoms with Gasteiger partial charge in [0.1, 0.15) is 11.4 Å². The van der Waals surface area contributed by atoms with Crippen LogP contribution in [0.4, 0.5) is 9.18 Å². The van der Waals surface area contributed by atoms with Gasteiger partial charge in [-0.15, -0.1) is 0 Å².